The summed E-state index contributed by atoms with van der Waals surface area (Å²) in [6.07, 6.45) is 5.19. The highest BCUT2D eigenvalue weighted by Gasteiger charge is 2.30. The summed E-state index contributed by atoms with van der Waals surface area (Å²) in [4.78, 5) is 0. The lowest BCUT2D eigenvalue weighted by Crippen LogP contribution is -1.66. The summed E-state index contributed by atoms with van der Waals surface area (Å²) in [6.45, 7) is 4.24. The van der Waals surface area contributed by atoms with Gasteiger partial charge >= 0.3 is 0 Å². The van der Waals surface area contributed by atoms with Crippen LogP contribution in [0.1, 0.15) is 20.3 Å². The van der Waals surface area contributed by atoms with Gasteiger partial charge in [-0.15, -0.1) is 0 Å². The second-order valence-corrected chi connectivity index (χ2v) is 2.61. The molecule has 0 amide bonds. The van der Waals surface area contributed by atoms with Gasteiger partial charge in [-0.2, -0.15) is 0 Å². The van der Waals surface area contributed by atoms with E-state index < -0.39 is 0 Å². The molecule has 0 aliphatic heterocycles. The van der Waals surface area contributed by atoms with Crippen molar-refractivity contribution in [2.75, 3.05) is 0 Å². The van der Waals surface area contributed by atoms with Crippen LogP contribution in [0.15, 0.2) is 12.2 Å². The number of allylic oxidation sites excluding steroid dienone is 2. The molecule has 48 valence electrons. The predicted molar refractivity (Wildman–Crippen MR) is 39.9 cm³/mol. The Labute approximate surface area is 57.0 Å². The van der Waals surface area contributed by atoms with Crippen LogP contribution in [0.5, 0.6) is 0 Å². The maximum Gasteiger partial charge on any atom is 0.0235 e. The van der Waals surface area contributed by atoms with Crippen molar-refractivity contribution >= 4 is 0 Å². The Morgan fingerprint density at radius 3 is 2.67 bits per heavy atom. The fourth-order valence-electron chi connectivity index (χ4n) is 0.762. The Hall–Kier alpha value is -0.700. The first-order valence-corrected chi connectivity index (χ1v) is 3.47. The minimum atomic E-state index is 0.709. The molecule has 0 unspecified atom stereocenters. The summed E-state index contributed by atoms with van der Waals surface area (Å²) >= 11 is 0. The van der Waals surface area contributed by atoms with Gasteiger partial charge in [0, 0.05) is 5.92 Å². The minimum Gasteiger partial charge on any atom is -0.0948 e. The Morgan fingerprint density at radius 1 is 1.56 bits per heavy atom. The molecule has 0 nitrogen and oxygen atoms in total. The van der Waals surface area contributed by atoms with Crippen molar-refractivity contribution in [3.05, 3.63) is 12.2 Å². The lowest BCUT2D eigenvalue weighted by Gasteiger charge is -1.72. The Balaban J connectivity index is 2.27. The van der Waals surface area contributed by atoms with Crippen LogP contribution < -0.4 is 0 Å². The molecule has 1 rings (SSSR count). The third kappa shape index (κ3) is 1.93. The molecule has 0 heteroatoms. The molecule has 0 aromatic rings. The molecule has 0 saturated heterocycles. The molecule has 0 N–H and O–H groups in total. The zero-order chi connectivity index (χ0) is 6.69. The average molecular weight is 120 g/mol. The lowest BCUT2D eigenvalue weighted by atomic mass is 10.3. The molecule has 0 aromatic heterocycles. The first-order chi connectivity index (χ1) is 4.34. The first-order valence-electron chi connectivity index (χ1n) is 3.47. The molecule has 0 radical (unpaired) electrons. The summed E-state index contributed by atoms with van der Waals surface area (Å²) in [6, 6.07) is 0. The Morgan fingerprint density at radius 2 is 2.22 bits per heavy atom. The van der Waals surface area contributed by atoms with E-state index in [1.165, 1.54) is 6.42 Å². The van der Waals surface area contributed by atoms with Crippen LogP contribution in [0.2, 0.25) is 0 Å². The van der Waals surface area contributed by atoms with Crippen molar-refractivity contribution in [3.63, 3.8) is 0 Å². The molecule has 1 aliphatic rings. The molecule has 1 fully saturated rings. The van der Waals surface area contributed by atoms with Gasteiger partial charge < -0.3 is 0 Å². The Bertz CT molecular complexity index is 166. The molecular weight excluding hydrogens is 108 g/mol. The molecule has 1 saturated carbocycles. The van der Waals surface area contributed by atoms with Crippen LogP contribution >= 0.6 is 0 Å². The monoisotopic (exact) mass is 120 g/mol. The fraction of sp³-hybridized carbons (Fsp3) is 0.556. The zero-order valence-corrected chi connectivity index (χ0v) is 6.02. The topological polar surface area (TPSA) is 0 Å². The predicted octanol–water partition coefficient (Wildman–Crippen LogP) is 2.22. The number of hydrogen-bond acceptors (Lipinski definition) is 0. The van der Waals surface area contributed by atoms with Gasteiger partial charge in [0.15, 0.2) is 0 Å². The molecule has 0 aromatic carbocycles. The smallest absolute Gasteiger partial charge is 0.0235 e. The molecule has 0 heterocycles. The van der Waals surface area contributed by atoms with E-state index in [1.807, 2.05) is 19.1 Å². The minimum absolute atomic E-state index is 0.709. The van der Waals surface area contributed by atoms with E-state index in [1.54, 1.807) is 0 Å². The van der Waals surface area contributed by atoms with E-state index in [0.717, 1.165) is 5.92 Å². The standard InChI is InChI=1S/C9H12/c1-3-4-5-6-9-7-8(9)2/h3-4,8-9H,7H2,1-2H3/b4-3-/t8-,9-/m0/s1. The second kappa shape index (κ2) is 2.73. The SMILES string of the molecule is C/C=C\C#C[C@H]1C[C@@H]1C. The quantitative estimate of drug-likeness (QED) is 0.430. The van der Waals surface area contributed by atoms with Crippen LogP contribution in [-0.4, -0.2) is 0 Å². The fourth-order valence-corrected chi connectivity index (χ4v) is 0.762. The highest BCUT2D eigenvalue weighted by Crippen LogP contribution is 2.36. The molecular formula is C9H12. The molecule has 2 atom stereocenters. The zero-order valence-electron chi connectivity index (χ0n) is 6.02. The normalized spacial score (nSPS) is 31.8. The summed E-state index contributed by atoms with van der Waals surface area (Å²) in [5.74, 6) is 7.74. The molecule has 0 bridgehead atoms. The first kappa shape index (κ1) is 6.42. The van der Waals surface area contributed by atoms with Crippen molar-refractivity contribution in [2.24, 2.45) is 11.8 Å². The van der Waals surface area contributed by atoms with E-state index >= 15 is 0 Å². The van der Waals surface area contributed by atoms with Crippen LogP contribution in [0.3, 0.4) is 0 Å². The van der Waals surface area contributed by atoms with Crippen LogP contribution in [0, 0.1) is 23.7 Å². The van der Waals surface area contributed by atoms with Gasteiger partial charge in [0.25, 0.3) is 0 Å². The van der Waals surface area contributed by atoms with Crippen molar-refractivity contribution < 1.29 is 0 Å². The largest absolute Gasteiger partial charge is 0.0948 e. The van der Waals surface area contributed by atoms with Crippen molar-refractivity contribution in [3.8, 4) is 11.8 Å². The summed E-state index contributed by atoms with van der Waals surface area (Å²) in [7, 11) is 0. The van der Waals surface area contributed by atoms with Gasteiger partial charge in [-0.3, -0.25) is 0 Å². The van der Waals surface area contributed by atoms with E-state index in [-0.39, 0.29) is 0 Å². The van der Waals surface area contributed by atoms with Gasteiger partial charge in [-0.1, -0.05) is 24.8 Å². The van der Waals surface area contributed by atoms with Gasteiger partial charge in [0.2, 0.25) is 0 Å². The highest BCUT2D eigenvalue weighted by atomic mass is 14.3. The van der Waals surface area contributed by atoms with E-state index in [9.17, 15) is 0 Å². The van der Waals surface area contributed by atoms with Gasteiger partial charge in [0.1, 0.15) is 0 Å². The third-order valence-corrected chi connectivity index (χ3v) is 1.63. The summed E-state index contributed by atoms with van der Waals surface area (Å²) in [5, 5.41) is 0. The van der Waals surface area contributed by atoms with Crippen molar-refractivity contribution in [1.82, 2.24) is 0 Å². The van der Waals surface area contributed by atoms with Crippen molar-refractivity contribution in [1.29, 1.82) is 0 Å². The molecule has 0 spiro atoms. The molecule has 9 heavy (non-hydrogen) atoms. The average Bonchev–Trinajstić information content (AvgIpc) is 2.48. The van der Waals surface area contributed by atoms with Gasteiger partial charge in [-0.25, -0.2) is 0 Å². The molecule has 1 aliphatic carbocycles. The maximum absolute atomic E-state index is 3.17. The van der Waals surface area contributed by atoms with E-state index in [2.05, 4.69) is 18.8 Å². The number of hydrogen-bond donors (Lipinski definition) is 0. The van der Waals surface area contributed by atoms with Crippen LogP contribution in [-0.2, 0) is 0 Å². The van der Waals surface area contributed by atoms with Gasteiger partial charge in [-0.05, 0) is 25.3 Å². The third-order valence-electron chi connectivity index (χ3n) is 1.63. The van der Waals surface area contributed by atoms with E-state index in [0.29, 0.717) is 5.92 Å². The Kier molecular flexibility index (Phi) is 1.95. The van der Waals surface area contributed by atoms with Crippen LogP contribution in [0.4, 0.5) is 0 Å². The maximum atomic E-state index is 3.17. The second-order valence-electron chi connectivity index (χ2n) is 2.61. The van der Waals surface area contributed by atoms with Crippen molar-refractivity contribution in [2.45, 2.75) is 20.3 Å². The highest BCUT2D eigenvalue weighted by molar-refractivity contribution is 5.20. The summed E-state index contributed by atoms with van der Waals surface area (Å²) in [5.41, 5.74) is 0. The van der Waals surface area contributed by atoms with Crippen LogP contribution in [0.25, 0.3) is 0 Å². The lowest BCUT2D eigenvalue weighted by molar-refractivity contribution is 0.917. The van der Waals surface area contributed by atoms with E-state index in [4.69, 9.17) is 0 Å². The van der Waals surface area contributed by atoms with Gasteiger partial charge in [0.05, 0.1) is 0 Å². The summed E-state index contributed by atoms with van der Waals surface area (Å²) < 4.78 is 0. The number of rotatable bonds is 0.